The molecular formula is C32H40N4O7. The number of carbonyl (C=O) groups excluding carboxylic acids is 3. The van der Waals surface area contributed by atoms with Crippen LogP contribution in [0.1, 0.15) is 34.8 Å². The molecule has 11 nitrogen and oxygen atoms in total. The van der Waals surface area contributed by atoms with Crippen LogP contribution in [0.2, 0.25) is 0 Å². The second-order valence-corrected chi connectivity index (χ2v) is 11.9. The Labute approximate surface area is 251 Å². The van der Waals surface area contributed by atoms with Gasteiger partial charge in [0.15, 0.2) is 11.4 Å². The SMILES string of the molecule is C=C/C=C\C=C(/C)CNCc1cc(N(C)C)c2c(c1O)C(=O)C1=C(O)[C@]3(O)C(=O)C(C(N)=O)=C(O)[C@@H](N(C)C)[C@@H]3C[C@@H]1C2. The fraction of sp³-hybridized carbons (Fsp3) is 0.406. The lowest BCUT2D eigenvalue weighted by atomic mass is 9.58. The van der Waals surface area contributed by atoms with Crippen molar-refractivity contribution in [1.82, 2.24) is 10.2 Å². The minimum Gasteiger partial charge on any atom is -0.510 e. The number of allylic oxidation sites excluding steroid dienone is 5. The van der Waals surface area contributed by atoms with Crippen LogP contribution in [-0.4, -0.2) is 89.2 Å². The Morgan fingerprint density at radius 1 is 1.19 bits per heavy atom. The van der Waals surface area contributed by atoms with E-state index in [1.54, 1.807) is 20.2 Å². The van der Waals surface area contributed by atoms with Gasteiger partial charge in [-0.15, -0.1) is 0 Å². The second kappa shape index (κ2) is 11.8. The van der Waals surface area contributed by atoms with E-state index in [4.69, 9.17) is 5.73 Å². The number of aromatic hydroxyl groups is 1. The summed E-state index contributed by atoms with van der Waals surface area (Å²) < 4.78 is 0. The molecule has 0 aliphatic heterocycles. The van der Waals surface area contributed by atoms with E-state index in [9.17, 15) is 34.8 Å². The molecule has 0 bridgehead atoms. The quantitative estimate of drug-likeness (QED) is 0.184. The van der Waals surface area contributed by atoms with Crippen molar-refractivity contribution in [2.45, 2.75) is 38.0 Å². The van der Waals surface area contributed by atoms with E-state index in [2.05, 4.69) is 11.9 Å². The van der Waals surface area contributed by atoms with Gasteiger partial charge in [-0.25, -0.2) is 0 Å². The van der Waals surface area contributed by atoms with Crippen LogP contribution in [0.15, 0.2) is 65.2 Å². The number of phenols is 1. The highest BCUT2D eigenvalue weighted by Gasteiger charge is 2.63. The highest BCUT2D eigenvalue weighted by molar-refractivity contribution is 6.25. The van der Waals surface area contributed by atoms with Gasteiger partial charge < -0.3 is 36.4 Å². The first-order chi connectivity index (χ1) is 20.2. The van der Waals surface area contributed by atoms with Crippen LogP contribution in [0.3, 0.4) is 0 Å². The zero-order chi connectivity index (χ0) is 32.0. The molecule has 4 atom stereocenters. The van der Waals surface area contributed by atoms with E-state index in [1.807, 2.05) is 50.2 Å². The Hall–Kier alpha value is -4.19. The molecule has 230 valence electrons. The Morgan fingerprint density at radius 3 is 2.44 bits per heavy atom. The van der Waals surface area contributed by atoms with Crippen molar-refractivity contribution in [2.75, 3.05) is 39.6 Å². The topological polar surface area (TPSA) is 177 Å². The Bertz CT molecular complexity index is 1520. The first-order valence-electron chi connectivity index (χ1n) is 14.0. The Kier molecular flexibility index (Phi) is 8.73. The lowest BCUT2D eigenvalue weighted by Gasteiger charge is -2.50. The summed E-state index contributed by atoms with van der Waals surface area (Å²) >= 11 is 0. The van der Waals surface area contributed by atoms with Crippen LogP contribution >= 0.6 is 0 Å². The third-order valence-electron chi connectivity index (χ3n) is 8.61. The minimum absolute atomic E-state index is 0.00929. The third-order valence-corrected chi connectivity index (χ3v) is 8.61. The van der Waals surface area contributed by atoms with Crippen LogP contribution in [0.4, 0.5) is 5.69 Å². The average Bonchev–Trinajstić information content (AvgIpc) is 2.91. The maximum absolute atomic E-state index is 14.1. The molecule has 0 radical (unpaired) electrons. The van der Waals surface area contributed by atoms with Gasteiger partial charge in [-0.05, 0) is 51.4 Å². The summed E-state index contributed by atoms with van der Waals surface area (Å²) in [4.78, 5) is 43.2. The second-order valence-electron chi connectivity index (χ2n) is 11.9. The van der Waals surface area contributed by atoms with Gasteiger partial charge in [0.05, 0.1) is 11.6 Å². The fourth-order valence-corrected chi connectivity index (χ4v) is 6.64. The van der Waals surface area contributed by atoms with Crippen LogP contribution in [-0.2, 0) is 22.6 Å². The molecular weight excluding hydrogens is 552 g/mol. The number of ketones is 2. The first kappa shape index (κ1) is 31.7. The van der Waals surface area contributed by atoms with Gasteiger partial charge in [-0.3, -0.25) is 19.3 Å². The molecule has 3 aliphatic rings. The zero-order valence-electron chi connectivity index (χ0n) is 25.1. The lowest BCUT2D eigenvalue weighted by Crippen LogP contribution is -2.63. The highest BCUT2D eigenvalue weighted by Crippen LogP contribution is 2.53. The number of fused-ring (bicyclic) bond motifs is 3. The van der Waals surface area contributed by atoms with Gasteiger partial charge in [0.2, 0.25) is 5.78 Å². The van der Waals surface area contributed by atoms with E-state index in [-0.39, 0.29) is 36.3 Å². The number of aliphatic hydroxyl groups is 3. The maximum atomic E-state index is 14.1. The largest absolute Gasteiger partial charge is 0.510 e. The smallest absolute Gasteiger partial charge is 0.255 e. The first-order valence-corrected chi connectivity index (χ1v) is 14.0. The standard InChI is InChI=1S/C32H40N4O7/c1-7-8-9-10-16(2)14-34-15-18-13-21(35(3)4)19-11-17-12-20-25(36(5)6)28(39)24(31(33)42)30(41)32(20,43)29(40)22(17)27(38)23(19)26(18)37/h7-10,13,17,20,25,34,37,39-40,43H,1,11-12,14-15H2,2-6H3,(H2,33,42)/b9-8-,16-10+/t17-,20-,25-,32-/m0/s1. The van der Waals surface area contributed by atoms with Crippen molar-refractivity contribution in [3.05, 3.63) is 81.9 Å². The summed E-state index contributed by atoms with van der Waals surface area (Å²) in [6.45, 7) is 6.34. The van der Waals surface area contributed by atoms with Gasteiger partial charge in [0.1, 0.15) is 22.8 Å². The molecule has 0 unspecified atom stereocenters. The Balaban J connectivity index is 1.82. The number of Topliss-reactive ketones (excluding diaryl/α,β-unsaturated/α-hetero) is 2. The number of anilines is 1. The number of rotatable bonds is 9. The molecule has 0 fully saturated rings. The molecule has 1 aromatic rings. The minimum atomic E-state index is -2.67. The van der Waals surface area contributed by atoms with Gasteiger partial charge in [-0.2, -0.15) is 0 Å². The number of hydrogen-bond acceptors (Lipinski definition) is 10. The predicted octanol–water partition coefficient (Wildman–Crippen LogP) is 1.96. The molecule has 43 heavy (non-hydrogen) atoms. The molecule has 0 saturated heterocycles. The number of hydrogen-bond donors (Lipinski definition) is 6. The number of likely N-dealkylation sites (N-methyl/N-ethyl adjacent to an activating group) is 1. The number of nitrogens with two attached hydrogens (primary N) is 1. The molecule has 11 heteroatoms. The summed E-state index contributed by atoms with van der Waals surface area (Å²) in [6, 6.07) is 0.782. The van der Waals surface area contributed by atoms with Gasteiger partial charge in [-0.1, -0.05) is 36.5 Å². The number of nitrogens with one attached hydrogen (secondary N) is 1. The van der Waals surface area contributed by atoms with Gasteiger partial charge in [0.25, 0.3) is 5.91 Å². The lowest BCUT2D eigenvalue weighted by molar-refractivity contribution is -0.148. The van der Waals surface area contributed by atoms with E-state index < -0.39 is 58.0 Å². The van der Waals surface area contributed by atoms with Crippen molar-refractivity contribution in [3.8, 4) is 5.75 Å². The predicted molar refractivity (Wildman–Crippen MR) is 163 cm³/mol. The zero-order valence-corrected chi connectivity index (χ0v) is 25.1. The van der Waals surface area contributed by atoms with E-state index >= 15 is 0 Å². The van der Waals surface area contributed by atoms with Crippen molar-refractivity contribution < 1.29 is 34.8 Å². The average molecular weight is 593 g/mol. The summed E-state index contributed by atoms with van der Waals surface area (Å²) in [6.07, 6.45) is 7.54. The third kappa shape index (κ3) is 5.17. The Morgan fingerprint density at radius 2 is 1.86 bits per heavy atom. The van der Waals surface area contributed by atoms with Crippen LogP contribution < -0.4 is 16.0 Å². The summed E-state index contributed by atoms with van der Waals surface area (Å²) in [5.74, 6) is -6.66. The molecule has 3 aliphatic carbocycles. The van der Waals surface area contributed by atoms with Crippen LogP contribution in [0, 0.1) is 11.8 Å². The number of amides is 1. The number of phenolic OH excluding ortho intramolecular Hbond substituents is 1. The molecule has 0 heterocycles. The van der Waals surface area contributed by atoms with Gasteiger partial charge >= 0.3 is 0 Å². The van der Waals surface area contributed by atoms with Crippen molar-refractivity contribution in [2.24, 2.45) is 17.6 Å². The molecule has 0 aromatic heterocycles. The number of benzene rings is 1. The molecule has 7 N–H and O–H groups in total. The molecule has 0 saturated carbocycles. The number of aliphatic hydroxyl groups excluding tert-OH is 2. The summed E-state index contributed by atoms with van der Waals surface area (Å²) in [5, 5.41) is 48.9. The molecule has 1 amide bonds. The normalized spacial score (nSPS) is 25.7. The number of carbonyl (C=O) groups is 3. The van der Waals surface area contributed by atoms with E-state index in [1.165, 1.54) is 4.90 Å². The van der Waals surface area contributed by atoms with Crippen molar-refractivity contribution in [3.63, 3.8) is 0 Å². The van der Waals surface area contributed by atoms with Crippen molar-refractivity contribution in [1.29, 1.82) is 0 Å². The highest BCUT2D eigenvalue weighted by atomic mass is 16.3. The van der Waals surface area contributed by atoms with E-state index in [0.29, 0.717) is 23.4 Å². The van der Waals surface area contributed by atoms with Gasteiger partial charge in [0, 0.05) is 49.9 Å². The molecule has 1 aromatic carbocycles. The summed E-state index contributed by atoms with van der Waals surface area (Å²) in [5.41, 5.74) is 4.49. The van der Waals surface area contributed by atoms with Crippen molar-refractivity contribution >= 4 is 23.2 Å². The van der Waals surface area contributed by atoms with Crippen LogP contribution in [0.25, 0.3) is 0 Å². The molecule has 0 spiro atoms. The number of nitrogens with zero attached hydrogens (tertiary/aromatic N) is 2. The van der Waals surface area contributed by atoms with E-state index in [0.717, 1.165) is 5.57 Å². The van der Waals surface area contributed by atoms with Crippen LogP contribution in [0.5, 0.6) is 5.75 Å². The fourth-order valence-electron chi connectivity index (χ4n) is 6.64. The monoisotopic (exact) mass is 592 g/mol. The maximum Gasteiger partial charge on any atom is 0.255 e. The summed E-state index contributed by atoms with van der Waals surface area (Å²) in [7, 11) is 6.85. The molecule has 4 rings (SSSR count). The number of primary amides is 1.